The predicted octanol–water partition coefficient (Wildman–Crippen LogP) is 2.86. The van der Waals surface area contributed by atoms with Gasteiger partial charge in [0.25, 0.3) is 23.2 Å². The van der Waals surface area contributed by atoms with Crippen LogP contribution in [0.15, 0.2) is 42.5 Å². The van der Waals surface area contributed by atoms with Gasteiger partial charge in [0, 0.05) is 29.7 Å². The average molecular weight is 423 g/mol. The van der Waals surface area contributed by atoms with E-state index in [2.05, 4.69) is 0 Å². The maximum atomic E-state index is 13.1. The summed E-state index contributed by atoms with van der Waals surface area (Å²) in [4.78, 5) is 59.1. The topological polar surface area (TPSA) is 181 Å². The molecule has 0 saturated carbocycles. The van der Waals surface area contributed by atoms with Gasteiger partial charge in [-0.2, -0.15) is 0 Å². The molecule has 0 atom stereocenters. The number of nitro groups is 2. The molecule has 154 valence electrons. The molecule has 3 aromatic carbocycles. The van der Waals surface area contributed by atoms with Crippen LogP contribution in [0.25, 0.3) is 10.8 Å². The number of imide groups is 1. The Labute approximate surface area is 170 Å². The Morgan fingerprint density at radius 3 is 1.84 bits per heavy atom. The number of nitrogens with zero attached hydrogens (tertiary/aromatic N) is 3. The molecule has 0 bridgehead atoms. The third-order valence-electron chi connectivity index (χ3n) is 4.78. The molecule has 1 aliphatic rings. The Kier molecular flexibility index (Phi) is 4.13. The number of hydrogen-bond acceptors (Lipinski definition) is 8. The molecular weight excluding hydrogens is 414 g/mol. The van der Waals surface area contributed by atoms with Gasteiger partial charge in [-0.05, 0) is 23.6 Å². The van der Waals surface area contributed by atoms with E-state index in [4.69, 9.17) is 0 Å². The Balaban J connectivity index is 2.03. The summed E-state index contributed by atoms with van der Waals surface area (Å²) in [5, 5.41) is 41.5. The molecule has 1 aliphatic heterocycles. The van der Waals surface area contributed by atoms with E-state index in [-0.39, 0.29) is 27.6 Å². The first-order valence-electron chi connectivity index (χ1n) is 8.46. The maximum Gasteiger partial charge on any atom is 0.339 e. The van der Waals surface area contributed by atoms with Crippen LogP contribution in [0.2, 0.25) is 0 Å². The van der Waals surface area contributed by atoms with E-state index in [1.165, 1.54) is 0 Å². The number of rotatable bonds is 4. The van der Waals surface area contributed by atoms with Gasteiger partial charge in [0.2, 0.25) is 0 Å². The second-order valence-corrected chi connectivity index (χ2v) is 6.55. The zero-order valence-electron chi connectivity index (χ0n) is 15.1. The van der Waals surface area contributed by atoms with Crippen LogP contribution in [0, 0.1) is 20.2 Å². The summed E-state index contributed by atoms with van der Waals surface area (Å²) in [6.07, 6.45) is 0. The lowest BCUT2D eigenvalue weighted by Gasteiger charge is -2.27. The van der Waals surface area contributed by atoms with Gasteiger partial charge in [0.1, 0.15) is 11.3 Å². The third-order valence-corrected chi connectivity index (χ3v) is 4.78. The fourth-order valence-corrected chi connectivity index (χ4v) is 3.43. The van der Waals surface area contributed by atoms with Crippen molar-refractivity contribution < 1.29 is 34.4 Å². The number of benzene rings is 3. The van der Waals surface area contributed by atoms with Crippen molar-refractivity contribution in [3.8, 4) is 5.75 Å². The molecule has 4 rings (SSSR count). The number of phenols is 1. The molecule has 0 aliphatic carbocycles. The van der Waals surface area contributed by atoms with Gasteiger partial charge in [-0.25, -0.2) is 9.69 Å². The Morgan fingerprint density at radius 2 is 1.39 bits per heavy atom. The van der Waals surface area contributed by atoms with E-state index >= 15 is 0 Å². The molecule has 0 unspecified atom stereocenters. The SMILES string of the molecule is O=C(O)c1cc(N2C(=O)c3cc([N+](=O)[O-])cc4cc([N+](=O)[O-])cc(c34)C2=O)ccc1O. The molecule has 12 heteroatoms. The third kappa shape index (κ3) is 2.90. The van der Waals surface area contributed by atoms with Crippen molar-refractivity contribution >= 4 is 45.6 Å². The van der Waals surface area contributed by atoms with E-state index in [0.29, 0.717) is 4.90 Å². The second kappa shape index (κ2) is 6.59. The summed E-state index contributed by atoms with van der Waals surface area (Å²) in [5.41, 5.74) is -2.37. The second-order valence-electron chi connectivity index (χ2n) is 6.55. The predicted molar refractivity (Wildman–Crippen MR) is 103 cm³/mol. The minimum absolute atomic E-state index is 0.0136. The molecule has 0 spiro atoms. The number of carbonyl (C=O) groups is 3. The van der Waals surface area contributed by atoms with Crippen molar-refractivity contribution in [1.29, 1.82) is 0 Å². The highest BCUT2D eigenvalue weighted by Gasteiger charge is 2.37. The van der Waals surface area contributed by atoms with Gasteiger partial charge in [-0.15, -0.1) is 0 Å². The fraction of sp³-hybridized carbons (Fsp3) is 0. The van der Waals surface area contributed by atoms with Crippen LogP contribution < -0.4 is 4.90 Å². The molecule has 0 radical (unpaired) electrons. The largest absolute Gasteiger partial charge is 0.507 e. The number of aromatic hydroxyl groups is 1. The van der Waals surface area contributed by atoms with Crippen molar-refractivity contribution in [3.63, 3.8) is 0 Å². The number of amides is 2. The fourth-order valence-electron chi connectivity index (χ4n) is 3.43. The van der Waals surface area contributed by atoms with Gasteiger partial charge in [-0.1, -0.05) is 0 Å². The summed E-state index contributed by atoms with van der Waals surface area (Å²) in [5.74, 6) is -4.10. The minimum Gasteiger partial charge on any atom is -0.507 e. The molecule has 0 fully saturated rings. The normalized spacial score (nSPS) is 12.8. The Morgan fingerprint density at radius 1 is 0.871 bits per heavy atom. The van der Waals surface area contributed by atoms with Crippen molar-refractivity contribution in [2.75, 3.05) is 4.90 Å². The van der Waals surface area contributed by atoms with E-state index in [0.717, 1.165) is 42.5 Å². The first-order chi connectivity index (χ1) is 14.6. The monoisotopic (exact) mass is 423 g/mol. The maximum absolute atomic E-state index is 13.1. The number of aromatic carboxylic acids is 1. The quantitative estimate of drug-likeness (QED) is 0.362. The van der Waals surface area contributed by atoms with E-state index < -0.39 is 50.3 Å². The summed E-state index contributed by atoms with van der Waals surface area (Å²) in [6.45, 7) is 0. The zero-order chi connectivity index (χ0) is 22.6. The number of carboxylic acid groups (broad SMARTS) is 1. The van der Waals surface area contributed by atoms with Crippen LogP contribution in [0.4, 0.5) is 17.1 Å². The molecule has 0 aromatic heterocycles. The number of carbonyl (C=O) groups excluding carboxylic acids is 2. The first-order valence-corrected chi connectivity index (χ1v) is 8.46. The summed E-state index contributed by atoms with van der Waals surface area (Å²) in [6, 6.07) is 6.88. The number of hydrogen-bond donors (Lipinski definition) is 2. The number of nitro benzene ring substituents is 2. The highest BCUT2D eigenvalue weighted by atomic mass is 16.6. The molecule has 12 nitrogen and oxygen atoms in total. The Hall–Kier alpha value is -4.87. The summed E-state index contributed by atoms with van der Waals surface area (Å²) < 4.78 is 0. The van der Waals surface area contributed by atoms with Crippen LogP contribution in [-0.4, -0.2) is 37.8 Å². The molecule has 2 N–H and O–H groups in total. The molecule has 0 saturated heterocycles. The minimum atomic E-state index is -1.52. The van der Waals surface area contributed by atoms with Crippen molar-refractivity contribution in [1.82, 2.24) is 0 Å². The molecule has 2 amide bonds. The number of non-ortho nitro benzene ring substituents is 2. The van der Waals surface area contributed by atoms with Crippen LogP contribution in [0.3, 0.4) is 0 Å². The van der Waals surface area contributed by atoms with E-state index in [9.17, 15) is 44.8 Å². The summed E-state index contributed by atoms with van der Waals surface area (Å²) in [7, 11) is 0. The lowest BCUT2D eigenvalue weighted by Crippen LogP contribution is -2.40. The standard InChI is InChI=1S/C19H9N3O9/c23-15-2-1-9(5-12(15)19(26)27)20-17(24)13-6-10(21(28)29)3-8-4-11(22(30)31)7-14(16(8)13)18(20)25/h1-7,23H,(H,26,27). The number of carboxylic acids is 1. The number of anilines is 1. The molecular formula is C19H9N3O9. The van der Waals surface area contributed by atoms with Crippen LogP contribution in [0.5, 0.6) is 5.75 Å². The first kappa shape index (κ1) is 19.4. The van der Waals surface area contributed by atoms with Crippen molar-refractivity contribution in [2.45, 2.75) is 0 Å². The van der Waals surface area contributed by atoms with Gasteiger partial charge < -0.3 is 10.2 Å². The Bertz CT molecular complexity index is 1310. The highest BCUT2D eigenvalue weighted by molar-refractivity contribution is 6.36. The lowest BCUT2D eigenvalue weighted by atomic mass is 9.92. The van der Waals surface area contributed by atoms with Crippen LogP contribution in [-0.2, 0) is 0 Å². The average Bonchev–Trinajstić information content (AvgIpc) is 2.71. The smallest absolute Gasteiger partial charge is 0.339 e. The molecule has 3 aromatic rings. The summed E-state index contributed by atoms with van der Waals surface area (Å²) >= 11 is 0. The highest BCUT2D eigenvalue weighted by Crippen LogP contribution is 2.38. The van der Waals surface area contributed by atoms with E-state index in [1.54, 1.807) is 0 Å². The van der Waals surface area contributed by atoms with Crippen molar-refractivity contribution in [3.05, 3.63) is 79.4 Å². The lowest BCUT2D eigenvalue weighted by molar-refractivity contribution is -0.385. The van der Waals surface area contributed by atoms with Gasteiger partial charge in [0.05, 0.1) is 26.7 Å². The van der Waals surface area contributed by atoms with Crippen molar-refractivity contribution in [2.24, 2.45) is 0 Å². The zero-order valence-corrected chi connectivity index (χ0v) is 15.1. The molecule has 31 heavy (non-hydrogen) atoms. The molecule has 1 heterocycles. The van der Waals surface area contributed by atoms with E-state index in [1.807, 2.05) is 0 Å². The van der Waals surface area contributed by atoms with Gasteiger partial charge in [-0.3, -0.25) is 29.8 Å². The van der Waals surface area contributed by atoms with Crippen LogP contribution in [0.1, 0.15) is 31.1 Å². The van der Waals surface area contributed by atoms with Gasteiger partial charge in [0.15, 0.2) is 0 Å². The van der Waals surface area contributed by atoms with Gasteiger partial charge >= 0.3 is 5.97 Å². The van der Waals surface area contributed by atoms with Crippen LogP contribution >= 0.6 is 0 Å².